The summed E-state index contributed by atoms with van der Waals surface area (Å²) < 4.78 is 12.2. The lowest BCUT2D eigenvalue weighted by Gasteiger charge is -2.15. The molecule has 0 bridgehead atoms. The molecule has 0 saturated carbocycles. The molecular weight excluding hydrogens is 426 g/mol. The van der Waals surface area contributed by atoms with E-state index in [4.69, 9.17) is 26.9 Å². The Morgan fingerprint density at radius 3 is 2.77 bits per heavy atom. The fourth-order valence-electron chi connectivity index (χ4n) is 2.66. The molecule has 0 aliphatic carbocycles. The van der Waals surface area contributed by atoms with Gasteiger partial charge in [0.05, 0.1) is 18.9 Å². The molecule has 8 nitrogen and oxygen atoms in total. The Labute approximate surface area is 183 Å². The van der Waals surface area contributed by atoms with E-state index in [1.807, 2.05) is 37.3 Å². The van der Waals surface area contributed by atoms with E-state index in [-0.39, 0.29) is 24.3 Å². The molecule has 0 aliphatic rings. The number of thioether (sulfide) groups is 1. The number of benzene rings is 2. The third-order valence-electron chi connectivity index (χ3n) is 4.23. The minimum absolute atomic E-state index is 0.132. The van der Waals surface area contributed by atoms with Crippen LogP contribution in [0.4, 0.5) is 0 Å². The number of carbonyl (C=O) groups is 1. The van der Waals surface area contributed by atoms with Crippen LogP contribution in [0.3, 0.4) is 0 Å². The second-order valence-corrected chi connectivity index (χ2v) is 7.69. The van der Waals surface area contributed by atoms with Gasteiger partial charge in [0.15, 0.2) is 5.82 Å². The van der Waals surface area contributed by atoms with E-state index in [0.29, 0.717) is 27.5 Å². The molecule has 3 N–H and O–H groups in total. The number of methoxy groups -OCH3 is 1. The maximum absolute atomic E-state index is 12.3. The maximum atomic E-state index is 12.3. The zero-order chi connectivity index (χ0) is 21.5. The van der Waals surface area contributed by atoms with Gasteiger partial charge in [0.1, 0.15) is 18.1 Å². The molecule has 1 amide bonds. The smallest absolute Gasteiger partial charge is 0.230 e. The molecule has 0 radical (unpaired) electrons. The number of amides is 1. The molecule has 158 valence electrons. The van der Waals surface area contributed by atoms with Crippen molar-refractivity contribution in [2.75, 3.05) is 18.7 Å². The van der Waals surface area contributed by atoms with E-state index < -0.39 is 0 Å². The van der Waals surface area contributed by atoms with E-state index in [2.05, 4.69) is 15.5 Å². The van der Waals surface area contributed by atoms with Gasteiger partial charge in [0.25, 0.3) is 0 Å². The lowest BCUT2D eigenvalue weighted by atomic mass is 10.1. The Balaban J connectivity index is 1.52. The first kappa shape index (κ1) is 21.8. The second kappa shape index (κ2) is 10.2. The van der Waals surface area contributed by atoms with Crippen LogP contribution in [-0.4, -0.2) is 33.6 Å². The Kier molecular flexibility index (Phi) is 7.42. The van der Waals surface area contributed by atoms with Crippen LogP contribution in [0.1, 0.15) is 24.4 Å². The molecule has 1 unspecified atom stereocenters. The Hall–Kier alpha value is -2.91. The highest BCUT2D eigenvalue weighted by Gasteiger charge is 2.16. The summed E-state index contributed by atoms with van der Waals surface area (Å²) in [5.41, 5.74) is 0.858. The molecule has 1 aromatic heterocycles. The molecule has 2 aromatic carbocycles. The minimum atomic E-state index is -0.214. The number of nitrogens with two attached hydrogens (primary N) is 1. The number of hydrogen-bond acceptors (Lipinski definition) is 7. The van der Waals surface area contributed by atoms with Gasteiger partial charge in [-0.15, -0.1) is 10.2 Å². The Bertz CT molecular complexity index is 1010. The van der Waals surface area contributed by atoms with Crippen LogP contribution < -0.4 is 20.6 Å². The van der Waals surface area contributed by atoms with Crippen molar-refractivity contribution in [3.8, 4) is 11.5 Å². The first-order valence-corrected chi connectivity index (χ1v) is 10.5. The number of aromatic nitrogens is 3. The summed E-state index contributed by atoms with van der Waals surface area (Å²) in [6.45, 7) is 2.01. The maximum Gasteiger partial charge on any atom is 0.230 e. The van der Waals surface area contributed by atoms with Crippen molar-refractivity contribution < 1.29 is 14.3 Å². The van der Waals surface area contributed by atoms with Gasteiger partial charge >= 0.3 is 0 Å². The van der Waals surface area contributed by atoms with Crippen molar-refractivity contribution in [3.63, 3.8) is 0 Å². The molecule has 30 heavy (non-hydrogen) atoms. The predicted octanol–water partition coefficient (Wildman–Crippen LogP) is 3.20. The minimum Gasteiger partial charge on any atom is -0.497 e. The highest BCUT2D eigenvalue weighted by atomic mass is 35.5. The molecular formula is C20H22ClN5O3S. The monoisotopic (exact) mass is 447 g/mol. The summed E-state index contributed by atoms with van der Waals surface area (Å²) in [6.07, 6.45) is 0. The van der Waals surface area contributed by atoms with Crippen molar-refractivity contribution in [2.24, 2.45) is 0 Å². The summed E-state index contributed by atoms with van der Waals surface area (Å²) in [5, 5.41) is 12.0. The molecule has 1 atom stereocenters. The van der Waals surface area contributed by atoms with Gasteiger partial charge in [0, 0.05) is 11.1 Å². The van der Waals surface area contributed by atoms with Crippen LogP contribution in [0.5, 0.6) is 11.5 Å². The fourth-order valence-corrected chi connectivity index (χ4v) is 3.65. The van der Waals surface area contributed by atoms with Crippen molar-refractivity contribution in [1.82, 2.24) is 20.2 Å². The lowest BCUT2D eigenvalue weighted by Crippen LogP contribution is -2.28. The average molecular weight is 448 g/mol. The standard InChI is InChI=1S/C20H22ClN5O3S/c1-13(16-8-3-4-9-17(16)21)23-19(27)12-30-20-25-24-18(26(20)22)11-29-15-7-5-6-14(10-15)28-2/h3-10,13H,11-12,22H2,1-2H3,(H,23,27). The van der Waals surface area contributed by atoms with E-state index >= 15 is 0 Å². The molecule has 0 aliphatic heterocycles. The van der Waals surface area contributed by atoms with Crippen molar-refractivity contribution in [1.29, 1.82) is 0 Å². The first-order chi connectivity index (χ1) is 14.5. The topological polar surface area (TPSA) is 104 Å². The number of carbonyl (C=O) groups excluding carboxylic acids is 1. The molecule has 3 aromatic rings. The van der Waals surface area contributed by atoms with Gasteiger partial charge in [-0.2, -0.15) is 0 Å². The van der Waals surface area contributed by atoms with Gasteiger partial charge in [-0.25, -0.2) is 4.68 Å². The molecule has 0 fully saturated rings. The summed E-state index contributed by atoms with van der Waals surface area (Å²) in [4.78, 5) is 12.3. The molecule has 1 heterocycles. The lowest BCUT2D eigenvalue weighted by molar-refractivity contribution is -0.119. The third-order valence-corrected chi connectivity index (χ3v) is 5.51. The number of halogens is 1. The molecule has 10 heteroatoms. The normalized spacial score (nSPS) is 11.7. The zero-order valence-corrected chi connectivity index (χ0v) is 18.1. The van der Waals surface area contributed by atoms with E-state index in [1.165, 1.54) is 16.4 Å². The van der Waals surface area contributed by atoms with Gasteiger partial charge in [-0.3, -0.25) is 4.79 Å². The number of ether oxygens (including phenoxy) is 2. The SMILES string of the molecule is COc1cccc(OCc2nnc(SCC(=O)NC(C)c3ccccc3Cl)n2N)c1. The van der Waals surface area contributed by atoms with Gasteiger partial charge < -0.3 is 20.6 Å². The summed E-state index contributed by atoms with van der Waals surface area (Å²) in [6, 6.07) is 14.4. The van der Waals surface area contributed by atoms with Gasteiger partial charge in [0.2, 0.25) is 11.1 Å². The fraction of sp³-hybridized carbons (Fsp3) is 0.250. The van der Waals surface area contributed by atoms with Gasteiger partial charge in [-0.05, 0) is 30.7 Å². The second-order valence-electron chi connectivity index (χ2n) is 6.34. The van der Waals surface area contributed by atoms with Crippen LogP contribution in [0.15, 0.2) is 53.7 Å². The molecule has 3 rings (SSSR count). The Morgan fingerprint density at radius 1 is 1.23 bits per heavy atom. The van der Waals surface area contributed by atoms with Crippen LogP contribution in [0, 0.1) is 0 Å². The third kappa shape index (κ3) is 5.58. The largest absolute Gasteiger partial charge is 0.497 e. The highest BCUT2D eigenvalue weighted by Crippen LogP contribution is 2.23. The van der Waals surface area contributed by atoms with Crippen LogP contribution >= 0.6 is 23.4 Å². The van der Waals surface area contributed by atoms with Crippen LogP contribution in [0.25, 0.3) is 0 Å². The van der Waals surface area contributed by atoms with Crippen molar-refractivity contribution in [2.45, 2.75) is 24.7 Å². The van der Waals surface area contributed by atoms with Crippen LogP contribution in [0.2, 0.25) is 5.02 Å². The zero-order valence-electron chi connectivity index (χ0n) is 16.5. The Morgan fingerprint density at radius 2 is 2.00 bits per heavy atom. The van der Waals surface area contributed by atoms with E-state index in [9.17, 15) is 4.79 Å². The predicted molar refractivity (Wildman–Crippen MR) is 116 cm³/mol. The van der Waals surface area contributed by atoms with Crippen LogP contribution in [-0.2, 0) is 11.4 Å². The summed E-state index contributed by atoms with van der Waals surface area (Å²) in [7, 11) is 1.59. The molecule has 0 saturated heterocycles. The number of rotatable bonds is 9. The summed E-state index contributed by atoms with van der Waals surface area (Å²) in [5.74, 6) is 7.77. The molecule has 0 spiro atoms. The van der Waals surface area contributed by atoms with E-state index in [0.717, 1.165) is 5.56 Å². The number of nitrogens with one attached hydrogen (secondary N) is 1. The highest BCUT2D eigenvalue weighted by molar-refractivity contribution is 7.99. The number of nitrogen functional groups attached to an aromatic ring is 1. The van der Waals surface area contributed by atoms with Crippen molar-refractivity contribution in [3.05, 3.63) is 64.9 Å². The number of nitrogens with zero attached hydrogens (tertiary/aromatic N) is 3. The van der Waals surface area contributed by atoms with E-state index in [1.54, 1.807) is 25.3 Å². The summed E-state index contributed by atoms with van der Waals surface area (Å²) >= 11 is 7.37. The first-order valence-electron chi connectivity index (χ1n) is 9.10. The number of hydrogen-bond donors (Lipinski definition) is 2. The average Bonchev–Trinajstić information content (AvgIpc) is 3.10. The van der Waals surface area contributed by atoms with Crippen molar-refractivity contribution >= 4 is 29.3 Å². The van der Waals surface area contributed by atoms with Gasteiger partial charge in [-0.1, -0.05) is 47.6 Å². The quantitative estimate of drug-likeness (QED) is 0.383.